The van der Waals surface area contributed by atoms with E-state index in [1.807, 2.05) is 24.3 Å². The molecule has 0 spiro atoms. The van der Waals surface area contributed by atoms with Crippen molar-refractivity contribution in [3.8, 4) is 0 Å². The summed E-state index contributed by atoms with van der Waals surface area (Å²) in [5, 5.41) is 7.09. The quantitative estimate of drug-likeness (QED) is 0.478. The molecule has 0 radical (unpaired) electrons. The molecule has 0 atom stereocenters. The molecule has 0 saturated heterocycles. The van der Waals surface area contributed by atoms with Crippen molar-refractivity contribution in [2.24, 2.45) is 4.99 Å². The predicted octanol–water partition coefficient (Wildman–Crippen LogP) is 1.65. The molecule has 0 heterocycles. The van der Waals surface area contributed by atoms with Gasteiger partial charge in [-0.1, -0.05) is 23.7 Å². The van der Waals surface area contributed by atoms with Gasteiger partial charge in [-0.05, 0) is 17.7 Å². The van der Waals surface area contributed by atoms with Gasteiger partial charge in [0.15, 0.2) is 5.96 Å². The first-order valence-electron chi connectivity index (χ1n) is 5.44. The van der Waals surface area contributed by atoms with Crippen LogP contribution in [0.15, 0.2) is 29.3 Å². The molecule has 5 heteroatoms. The van der Waals surface area contributed by atoms with Crippen molar-refractivity contribution in [3.63, 3.8) is 0 Å². The molecule has 1 aromatic carbocycles. The number of nitrogens with one attached hydrogen (secondary N) is 2. The molecule has 0 aliphatic carbocycles. The van der Waals surface area contributed by atoms with E-state index in [9.17, 15) is 0 Å². The van der Waals surface area contributed by atoms with Crippen molar-refractivity contribution in [1.82, 2.24) is 10.6 Å². The number of halogens is 1. The largest absolute Gasteiger partial charge is 0.383 e. The lowest BCUT2D eigenvalue weighted by atomic mass is 10.2. The molecule has 0 bridgehead atoms. The summed E-state index contributed by atoms with van der Waals surface area (Å²) < 4.78 is 4.95. The highest BCUT2D eigenvalue weighted by Gasteiger charge is 1.97. The fourth-order valence-corrected chi connectivity index (χ4v) is 1.41. The molecule has 0 saturated carbocycles. The van der Waals surface area contributed by atoms with Crippen LogP contribution in [0, 0.1) is 0 Å². The van der Waals surface area contributed by atoms with Gasteiger partial charge in [-0.15, -0.1) is 0 Å². The van der Waals surface area contributed by atoms with Gasteiger partial charge in [-0.3, -0.25) is 4.99 Å². The Morgan fingerprint density at radius 1 is 1.29 bits per heavy atom. The average Bonchev–Trinajstić information content (AvgIpc) is 2.35. The molecule has 0 aliphatic heterocycles. The van der Waals surface area contributed by atoms with Gasteiger partial charge >= 0.3 is 0 Å². The van der Waals surface area contributed by atoms with Gasteiger partial charge in [0.2, 0.25) is 0 Å². The smallest absolute Gasteiger partial charge is 0.191 e. The molecule has 0 fully saturated rings. The van der Waals surface area contributed by atoms with Gasteiger partial charge in [-0.2, -0.15) is 0 Å². The monoisotopic (exact) mass is 255 g/mol. The maximum atomic E-state index is 5.82. The summed E-state index contributed by atoms with van der Waals surface area (Å²) in [5.41, 5.74) is 1.16. The Morgan fingerprint density at radius 3 is 2.59 bits per heavy atom. The number of hydrogen-bond donors (Lipinski definition) is 2. The number of methoxy groups -OCH3 is 1. The highest BCUT2D eigenvalue weighted by molar-refractivity contribution is 6.30. The summed E-state index contributed by atoms with van der Waals surface area (Å²) in [4.78, 5) is 4.11. The van der Waals surface area contributed by atoms with Crippen LogP contribution >= 0.6 is 11.6 Å². The van der Waals surface area contributed by atoms with E-state index >= 15 is 0 Å². The Bertz CT molecular complexity index is 351. The third-order valence-corrected chi connectivity index (χ3v) is 2.45. The van der Waals surface area contributed by atoms with Gasteiger partial charge < -0.3 is 15.4 Å². The summed E-state index contributed by atoms with van der Waals surface area (Å²) in [6, 6.07) is 7.72. The van der Waals surface area contributed by atoms with Crippen molar-refractivity contribution in [2.75, 3.05) is 27.3 Å². The molecule has 4 nitrogen and oxygen atoms in total. The van der Waals surface area contributed by atoms with E-state index in [2.05, 4.69) is 15.6 Å². The van der Waals surface area contributed by atoms with E-state index in [0.29, 0.717) is 13.2 Å². The molecular weight excluding hydrogens is 238 g/mol. The molecule has 0 unspecified atom stereocenters. The number of benzene rings is 1. The number of aliphatic imine (C=N–C) groups is 1. The van der Waals surface area contributed by atoms with Gasteiger partial charge in [0.25, 0.3) is 0 Å². The highest BCUT2D eigenvalue weighted by Crippen LogP contribution is 2.08. The predicted molar refractivity (Wildman–Crippen MR) is 71.5 cm³/mol. The lowest BCUT2D eigenvalue weighted by Crippen LogP contribution is -2.38. The second kappa shape index (κ2) is 7.92. The molecule has 0 aromatic heterocycles. The van der Waals surface area contributed by atoms with Gasteiger partial charge in [0.05, 0.1) is 6.61 Å². The van der Waals surface area contributed by atoms with E-state index in [0.717, 1.165) is 23.1 Å². The fourth-order valence-electron chi connectivity index (χ4n) is 1.28. The van der Waals surface area contributed by atoms with E-state index in [-0.39, 0.29) is 0 Å². The van der Waals surface area contributed by atoms with Crippen molar-refractivity contribution >= 4 is 17.6 Å². The number of guanidine groups is 1. The van der Waals surface area contributed by atoms with Crippen molar-refractivity contribution < 1.29 is 4.74 Å². The molecule has 17 heavy (non-hydrogen) atoms. The average molecular weight is 256 g/mol. The molecule has 0 aliphatic rings. The molecule has 1 rings (SSSR count). The minimum atomic E-state index is 0.654. The second-order valence-electron chi connectivity index (χ2n) is 3.47. The van der Waals surface area contributed by atoms with Crippen LogP contribution in [-0.2, 0) is 11.3 Å². The number of rotatable bonds is 5. The van der Waals surface area contributed by atoms with Crippen molar-refractivity contribution in [1.29, 1.82) is 0 Å². The van der Waals surface area contributed by atoms with Crippen molar-refractivity contribution in [2.45, 2.75) is 6.54 Å². The van der Waals surface area contributed by atoms with Crippen molar-refractivity contribution in [3.05, 3.63) is 34.9 Å². The summed E-state index contributed by atoms with van der Waals surface area (Å²) in [6.07, 6.45) is 0. The first-order chi connectivity index (χ1) is 8.26. The van der Waals surface area contributed by atoms with Gasteiger partial charge in [-0.25, -0.2) is 0 Å². The van der Waals surface area contributed by atoms with Crippen LogP contribution in [0.25, 0.3) is 0 Å². The maximum absolute atomic E-state index is 5.82. The van der Waals surface area contributed by atoms with E-state index in [1.165, 1.54) is 0 Å². The zero-order chi connectivity index (χ0) is 12.5. The Balaban J connectivity index is 2.35. The molecule has 1 aromatic rings. The zero-order valence-electron chi connectivity index (χ0n) is 10.2. The van der Waals surface area contributed by atoms with Crippen LogP contribution in [0.2, 0.25) is 5.02 Å². The summed E-state index contributed by atoms with van der Waals surface area (Å²) in [5.74, 6) is 0.761. The molecule has 0 amide bonds. The maximum Gasteiger partial charge on any atom is 0.191 e. The van der Waals surface area contributed by atoms with Crippen LogP contribution in [0.1, 0.15) is 5.56 Å². The van der Waals surface area contributed by atoms with Crippen LogP contribution in [0.4, 0.5) is 0 Å². The molecule has 2 N–H and O–H groups in total. The van der Waals surface area contributed by atoms with E-state index in [4.69, 9.17) is 16.3 Å². The first-order valence-corrected chi connectivity index (χ1v) is 5.82. The Kier molecular flexibility index (Phi) is 6.43. The second-order valence-corrected chi connectivity index (χ2v) is 3.91. The van der Waals surface area contributed by atoms with E-state index in [1.54, 1.807) is 14.2 Å². The fraction of sp³-hybridized carbons (Fsp3) is 0.417. The minimum absolute atomic E-state index is 0.654. The molecular formula is C12H18ClN3O. The first kappa shape index (κ1) is 13.8. The Morgan fingerprint density at radius 2 is 2.00 bits per heavy atom. The topological polar surface area (TPSA) is 45.7 Å². The third kappa shape index (κ3) is 5.56. The summed E-state index contributed by atoms with van der Waals surface area (Å²) in [6.45, 7) is 2.10. The highest BCUT2D eigenvalue weighted by atomic mass is 35.5. The van der Waals surface area contributed by atoms with E-state index < -0.39 is 0 Å². The lowest BCUT2D eigenvalue weighted by molar-refractivity contribution is 0.203. The third-order valence-electron chi connectivity index (χ3n) is 2.20. The Hall–Kier alpha value is -1.26. The number of ether oxygens (including phenoxy) is 1. The minimum Gasteiger partial charge on any atom is -0.383 e. The standard InChI is InChI=1S/C12H18ClN3O/c1-14-12(15-7-8-17-2)16-9-10-3-5-11(13)6-4-10/h3-6H,7-9H2,1-2H3,(H2,14,15,16). The van der Waals surface area contributed by atoms with Crippen LogP contribution < -0.4 is 10.6 Å². The van der Waals surface area contributed by atoms with Crippen LogP contribution in [0.3, 0.4) is 0 Å². The summed E-state index contributed by atoms with van der Waals surface area (Å²) in [7, 11) is 3.41. The normalized spacial score (nSPS) is 11.4. The van der Waals surface area contributed by atoms with Crippen LogP contribution in [0.5, 0.6) is 0 Å². The van der Waals surface area contributed by atoms with Gasteiger partial charge in [0, 0.05) is 32.3 Å². The summed E-state index contributed by atoms with van der Waals surface area (Å²) >= 11 is 5.82. The zero-order valence-corrected chi connectivity index (χ0v) is 10.9. The molecule has 94 valence electrons. The lowest BCUT2D eigenvalue weighted by Gasteiger charge is -2.11. The van der Waals surface area contributed by atoms with Crippen LogP contribution in [-0.4, -0.2) is 33.3 Å². The number of hydrogen-bond acceptors (Lipinski definition) is 2. The SMILES string of the molecule is CN=C(NCCOC)NCc1ccc(Cl)cc1. The Labute approximate surface area is 107 Å². The number of nitrogens with zero attached hydrogens (tertiary/aromatic N) is 1. The van der Waals surface area contributed by atoms with Gasteiger partial charge in [0.1, 0.15) is 0 Å².